The number of carbonyl (C=O) groups is 1. The Morgan fingerprint density at radius 1 is 1.50 bits per heavy atom. The lowest BCUT2D eigenvalue weighted by Gasteiger charge is -2.26. The monoisotopic (exact) mass is 286 g/mol. The lowest BCUT2D eigenvalue weighted by molar-refractivity contribution is 0.0670. The van der Waals surface area contributed by atoms with E-state index in [1.807, 2.05) is 20.8 Å². The predicted molar refractivity (Wildman–Crippen MR) is 66.1 cm³/mol. The van der Waals surface area contributed by atoms with Gasteiger partial charge in [0.05, 0.1) is 0 Å². The molecule has 88 valence electrons. The van der Waals surface area contributed by atoms with Crippen LogP contribution in [0.3, 0.4) is 0 Å². The van der Waals surface area contributed by atoms with Gasteiger partial charge < -0.3 is 9.84 Å². The van der Waals surface area contributed by atoms with Crippen molar-refractivity contribution in [3.05, 3.63) is 28.2 Å². The molecular formula is C12H15BrO3. The molecule has 0 saturated carbocycles. The maximum Gasteiger partial charge on any atom is 0.340 e. The highest BCUT2D eigenvalue weighted by Gasteiger charge is 2.22. The molecule has 0 aliphatic rings. The molecule has 0 fully saturated rings. The number of hydrogen-bond donors (Lipinski definition) is 1. The number of rotatable bonds is 4. The molecule has 0 aliphatic carbocycles. The molecule has 0 amide bonds. The van der Waals surface area contributed by atoms with Crippen molar-refractivity contribution in [2.45, 2.75) is 32.8 Å². The van der Waals surface area contributed by atoms with Crippen molar-refractivity contribution < 1.29 is 14.6 Å². The number of aromatic carboxylic acids is 1. The zero-order chi connectivity index (χ0) is 12.3. The second-order valence-corrected chi connectivity index (χ2v) is 4.99. The Labute approximate surface area is 104 Å². The van der Waals surface area contributed by atoms with Crippen LogP contribution in [0.1, 0.15) is 37.6 Å². The van der Waals surface area contributed by atoms with Gasteiger partial charge in [0.25, 0.3) is 0 Å². The summed E-state index contributed by atoms with van der Waals surface area (Å²) in [5.74, 6) is -0.594. The molecule has 0 bridgehead atoms. The van der Waals surface area contributed by atoms with Crippen LogP contribution in [0.25, 0.3) is 0 Å². The SMILES string of the molecule is CCC(C)(C)Oc1cccc(Br)c1C(=O)O. The van der Waals surface area contributed by atoms with Gasteiger partial charge in [-0.1, -0.05) is 13.0 Å². The van der Waals surface area contributed by atoms with Crippen molar-refractivity contribution in [1.29, 1.82) is 0 Å². The van der Waals surface area contributed by atoms with E-state index in [2.05, 4.69) is 15.9 Å². The first kappa shape index (κ1) is 13.0. The van der Waals surface area contributed by atoms with E-state index in [0.717, 1.165) is 6.42 Å². The number of halogens is 1. The Bertz CT molecular complexity index is 399. The fourth-order valence-electron chi connectivity index (χ4n) is 1.17. The van der Waals surface area contributed by atoms with E-state index in [4.69, 9.17) is 9.84 Å². The molecule has 0 atom stereocenters. The molecule has 0 spiro atoms. The van der Waals surface area contributed by atoms with Gasteiger partial charge in [-0.2, -0.15) is 0 Å². The second kappa shape index (κ2) is 4.87. The maximum atomic E-state index is 11.1. The van der Waals surface area contributed by atoms with E-state index < -0.39 is 5.97 Å². The summed E-state index contributed by atoms with van der Waals surface area (Å²) in [6.07, 6.45) is 0.804. The molecule has 1 N–H and O–H groups in total. The number of benzene rings is 1. The summed E-state index contributed by atoms with van der Waals surface area (Å²) in [6.45, 7) is 5.86. The van der Waals surface area contributed by atoms with E-state index in [1.54, 1.807) is 18.2 Å². The van der Waals surface area contributed by atoms with Gasteiger partial charge in [0.1, 0.15) is 16.9 Å². The van der Waals surface area contributed by atoms with Crippen LogP contribution in [0.5, 0.6) is 5.75 Å². The van der Waals surface area contributed by atoms with Gasteiger partial charge in [-0.3, -0.25) is 0 Å². The zero-order valence-corrected chi connectivity index (χ0v) is 11.2. The first-order chi connectivity index (χ1) is 7.37. The van der Waals surface area contributed by atoms with Gasteiger partial charge in [0.2, 0.25) is 0 Å². The minimum atomic E-state index is -0.991. The highest BCUT2D eigenvalue weighted by Crippen LogP contribution is 2.30. The first-order valence-electron chi connectivity index (χ1n) is 5.08. The summed E-state index contributed by atoms with van der Waals surface area (Å²) in [4.78, 5) is 11.1. The first-order valence-corrected chi connectivity index (χ1v) is 5.87. The third kappa shape index (κ3) is 2.98. The largest absolute Gasteiger partial charge is 0.487 e. The fourth-order valence-corrected chi connectivity index (χ4v) is 1.68. The molecule has 0 aromatic heterocycles. The summed E-state index contributed by atoms with van der Waals surface area (Å²) in [6, 6.07) is 5.12. The van der Waals surface area contributed by atoms with Crippen molar-refractivity contribution in [2.75, 3.05) is 0 Å². The molecule has 0 saturated heterocycles. The van der Waals surface area contributed by atoms with Crippen LogP contribution in [0.15, 0.2) is 22.7 Å². The van der Waals surface area contributed by atoms with Crippen LogP contribution in [0, 0.1) is 0 Å². The lowest BCUT2D eigenvalue weighted by Crippen LogP contribution is -2.27. The molecule has 1 aromatic carbocycles. The van der Waals surface area contributed by atoms with Crippen molar-refractivity contribution in [2.24, 2.45) is 0 Å². The van der Waals surface area contributed by atoms with Crippen molar-refractivity contribution in [1.82, 2.24) is 0 Å². The normalized spacial score (nSPS) is 11.2. The zero-order valence-electron chi connectivity index (χ0n) is 9.58. The molecule has 1 aromatic rings. The van der Waals surface area contributed by atoms with Gasteiger partial charge >= 0.3 is 5.97 Å². The summed E-state index contributed by atoms with van der Waals surface area (Å²) in [5, 5.41) is 9.11. The van der Waals surface area contributed by atoms with Gasteiger partial charge in [0, 0.05) is 4.47 Å². The van der Waals surface area contributed by atoms with Crippen molar-refractivity contribution in [3.63, 3.8) is 0 Å². The van der Waals surface area contributed by atoms with Crippen LogP contribution in [-0.2, 0) is 0 Å². The highest BCUT2D eigenvalue weighted by molar-refractivity contribution is 9.10. The Morgan fingerprint density at radius 3 is 2.62 bits per heavy atom. The van der Waals surface area contributed by atoms with Gasteiger partial charge in [-0.15, -0.1) is 0 Å². The van der Waals surface area contributed by atoms with Crippen LogP contribution in [0.2, 0.25) is 0 Å². The van der Waals surface area contributed by atoms with Crippen LogP contribution >= 0.6 is 15.9 Å². The van der Waals surface area contributed by atoms with Crippen molar-refractivity contribution >= 4 is 21.9 Å². The van der Waals surface area contributed by atoms with E-state index in [9.17, 15) is 4.79 Å². The molecule has 0 unspecified atom stereocenters. The van der Waals surface area contributed by atoms with Crippen LogP contribution < -0.4 is 4.74 Å². The third-order valence-corrected chi connectivity index (χ3v) is 3.09. The Hall–Kier alpha value is -1.03. The summed E-state index contributed by atoms with van der Waals surface area (Å²) in [7, 11) is 0. The molecule has 3 nitrogen and oxygen atoms in total. The van der Waals surface area contributed by atoms with Gasteiger partial charge in [0.15, 0.2) is 0 Å². The number of carboxylic acids is 1. The van der Waals surface area contributed by atoms with Gasteiger partial charge in [-0.25, -0.2) is 4.79 Å². The third-order valence-electron chi connectivity index (χ3n) is 2.43. The summed E-state index contributed by atoms with van der Waals surface area (Å²) in [5.41, 5.74) is -0.200. The second-order valence-electron chi connectivity index (χ2n) is 4.13. The molecule has 0 heterocycles. The Morgan fingerprint density at radius 2 is 2.12 bits per heavy atom. The molecule has 4 heteroatoms. The highest BCUT2D eigenvalue weighted by atomic mass is 79.9. The van der Waals surface area contributed by atoms with Gasteiger partial charge in [-0.05, 0) is 48.3 Å². The average Bonchev–Trinajstić information content (AvgIpc) is 2.16. The minimum absolute atomic E-state index is 0.170. The fraction of sp³-hybridized carbons (Fsp3) is 0.417. The minimum Gasteiger partial charge on any atom is -0.487 e. The number of ether oxygens (including phenoxy) is 1. The predicted octanol–water partition coefficient (Wildman–Crippen LogP) is 3.71. The quantitative estimate of drug-likeness (QED) is 0.918. The molecule has 1 rings (SSSR count). The smallest absolute Gasteiger partial charge is 0.340 e. The Balaban J connectivity index is 3.14. The molecule has 0 aliphatic heterocycles. The summed E-state index contributed by atoms with van der Waals surface area (Å²) >= 11 is 3.22. The van der Waals surface area contributed by atoms with Crippen LogP contribution in [0.4, 0.5) is 0 Å². The number of hydrogen-bond acceptors (Lipinski definition) is 2. The van der Waals surface area contributed by atoms with Crippen molar-refractivity contribution in [3.8, 4) is 5.75 Å². The topological polar surface area (TPSA) is 46.5 Å². The molecular weight excluding hydrogens is 272 g/mol. The molecule has 0 radical (unpaired) electrons. The summed E-state index contributed by atoms with van der Waals surface area (Å²) < 4.78 is 6.25. The maximum absolute atomic E-state index is 11.1. The van der Waals surface area contributed by atoms with E-state index in [0.29, 0.717) is 10.2 Å². The average molecular weight is 287 g/mol. The van der Waals surface area contributed by atoms with E-state index in [-0.39, 0.29) is 11.2 Å². The number of carboxylic acid groups (broad SMARTS) is 1. The Kier molecular flexibility index (Phi) is 3.97. The van der Waals surface area contributed by atoms with Crippen LogP contribution in [-0.4, -0.2) is 16.7 Å². The molecule has 16 heavy (non-hydrogen) atoms. The van der Waals surface area contributed by atoms with E-state index in [1.165, 1.54) is 0 Å². The standard InChI is InChI=1S/C12H15BrO3/c1-4-12(2,3)16-9-7-5-6-8(13)10(9)11(14)15/h5-7H,4H2,1-3H3,(H,14,15). The van der Waals surface area contributed by atoms with E-state index >= 15 is 0 Å². The lowest BCUT2D eigenvalue weighted by atomic mass is 10.1.